The molecule has 6 heteroatoms. The fourth-order valence-electron chi connectivity index (χ4n) is 2.48. The lowest BCUT2D eigenvalue weighted by molar-refractivity contribution is -0.00461. The Morgan fingerprint density at radius 2 is 1.76 bits per heavy atom. The average Bonchev–Trinajstić information content (AvgIpc) is 2.90. The maximum atomic E-state index is 7.34. The van der Waals surface area contributed by atoms with Gasteiger partial charge in [-0.15, -0.1) is 0 Å². The number of nitrogens with two attached hydrogens (primary N) is 1. The lowest BCUT2D eigenvalue weighted by Crippen LogP contribution is -2.27. The molecule has 0 aromatic heterocycles. The lowest BCUT2D eigenvalue weighted by atomic mass is 10.2. The maximum Gasteiger partial charge on any atom is 0.122 e. The van der Waals surface area contributed by atoms with Gasteiger partial charge in [-0.3, -0.25) is 10.3 Å². The van der Waals surface area contributed by atoms with Crippen LogP contribution in [-0.2, 0) is 9.47 Å². The van der Waals surface area contributed by atoms with Crippen molar-refractivity contribution in [3.63, 3.8) is 0 Å². The van der Waals surface area contributed by atoms with Crippen LogP contribution >= 0.6 is 0 Å². The van der Waals surface area contributed by atoms with E-state index in [0.29, 0.717) is 12.2 Å². The predicted molar refractivity (Wildman–Crippen MR) is 81.0 cm³/mol. The zero-order valence-electron chi connectivity index (χ0n) is 12.5. The normalized spacial score (nSPS) is 22.4. The predicted octanol–water partition coefficient (Wildman–Crippen LogP) is 0.695. The molecule has 0 spiro atoms. The number of nitrogens with zero attached hydrogens (tertiary/aromatic N) is 1. The Bertz CT molecular complexity index is 452. The number of amidine groups is 1. The molecule has 3 N–H and O–H groups in total. The summed E-state index contributed by atoms with van der Waals surface area (Å²) in [6.07, 6.45) is 0.259. The van der Waals surface area contributed by atoms with Crippen molar-refractivity contribution in [1.82, 2.24) is 4.90 Å². The Balaban J connectivity index is 1.76. The van der Waals surface area contributed by atoms with Crippen LogP contribution in [0.25, 0.3) is 0 Å². The highest BCUT2D eigenvalue weighted by Gasteiger charge is 2.32. The number of methoxy groups -OCH3 is 2. The molecule has 2 unspecified atom stereocenters. The summed E-state index contributed by atoms with van der Waals surface area (Å²) in [6, 6.07) is 7.23. The van der Waals surface area contributed by atoms with Crippen molar-refractivity contribution >= 4 is 5.84 Å². The van der Waals surface area contributed by atoms with Gasteiger partial charge in [0, 0.05) is 39.4 Å². The van der Waals surface area contributed by atoms with Crippen molar-refractivity contribution in [2.75, 3.05) is 40.5 Å². The van der Waals surface area contributed by atoms with Crippen LogP contribution in [-0.4, -0.2) is 63.4 Å². The number of benzene rings is 1. The minimum Gasteiger partial charge on any atom is -0.492 e. The van der Waals surface area contributed by atoms with Crippen molar-refractivity contribution in [2.24, 2.45) is 5.73 Å². The summed E-state index contributed by atoms with van der Waals surface area (Å²) in [7, 11) is 3.43. The molecular formula is C15H23N3O3. The van der Waals surface area contributed by atoms with Crippen molar-refractivity contribution in [2.45, 2.75) is 12.2 Å². The van der Waals surface area contributed by atoms with E-state index in [-0.39, 0.29) is 18.0 Å². The topological polar surface area (TPSA) is 80.8 Å². The van der Waals surface area contributed by atoms with Gasteiger partial charge in [-0.05, 0) is 24.3 Å². The smallest absolute Gasteiger partial charge is 0.122 e. The highest BCUT2D eigenvalue weighted by molar-refractivity contribution is 5.94. The molecule has 1 aromatic carbocycles. The minimum absolute atomic E-state index is 0.0647. The maximum absolute atomic E-state index is 7.34. The van der Waals surface area contributed by atoms with Crippen LogP contribution in [0, 0.1) is 5.41 Å². The van der Waals surface area contributed by atoms with Crippen LogP contribution in [0.3, 0.4) is 0 Å². The standard InChI is InChI=1S/C15H23N3O3/c1-19-13-9-18(10-14(13)20-2)7-8-21-12-5-3-11(4-6-12)15(16)17/h3-6,13-14H,7-10H2,1-2H3,(H3,16,17). The Hall–Kier alpha value is -1.63. The highest BCUT2D eigenvalue weighted by Crippen LogP contribution is 2.16. The molecule has 1 aliphatic heterocycles. The molecule has 0 saturated carbocycles. The van der Waals surface area contributed by atoms with Gasteiger partial charge in [0.05, 0.1) is 12.2 Å². The van der Waals surface area contributed by atoms with Gasteiger partial charge in [-0.2, -0.15) is 0 Å². The first-order chi connectivity index (χ1) is 10.1. The number of likely N-dealkylation sites (tertiary alicyclic amines) is 1. The van der Waals surface area contributed by atoms with Crippen LogP contribution in [0.5, 0.6) is 5.75 Å². The summed E-state index contributed by atoms with van der Waals surface area (Å²) in [5, 5.41) is 7.34. The third-order valence-corrected chi connectivity index (χ3v) is 3.74. The molecule has 1 fully saturated rings. The Morgan fingerprint density at radius 1 is 1.19 bits per heavy atom. The molecule has 0 bridgehead atoms. The van der Waals surface area contributed by atoms with Crippen LogP contribution in [0.2, 0.25) is 0 Å². The first-order valence-corrected chi connectivity index (χ1v) is 6.99. The zero-order valence-corrected chi connectivity index (χ0v) is 12.5. The van der Waals surface area contributed by atoms with Gasteiger partial charge in [0.2, 0.25) is 0 Å². The second kappa shape index (κ2) is 7.40. The molecule has 0 amide bonds. The van der Waals surface area contributed by atoms with Crippen LogP contribution in [0.4, 0.5) is 0 Å². The van der Waals surface area contributed by atoms with E-state index in [4.69, 9.17) is 25.4 Å². The quantitative estimate of drug-likeness (QED) is 0.571. The minimum atomic E-state index is 0.0647. The van der Waals surface area contributed by atoms with Crippen LogP contribution < -0.4 is 10.5 Å². The second-order valence-corrected chi connectivity index (χ2v) is 5.09. The number of nitrogen functional groups attached to an aromatic ring is 1. The molecule has 1 aromatic rings. The Morgan fingerprint density at radius 3 is 2.24 bits per heavy atom. The van der Waals surface area contributed by atoms with E-state index in [1.54, 1.807) is 26.4 Å². The van der Waals surface area contributed by atoms with Gasteiger partial charge in [0.15, 0.2) is 0 Å². The van der Waals surface area contributed by atoms with Gasteiger partial charge in [0.1, 0.15) is 18.2 Å². The SMILES string of the molecule is COC1CN(CCOc2ccc(C(=N)N)cc2)CC1OC. The van der Waals surface area contributed by atoms with Gasteiger partial charge in [-0.1, -0.05) is 0 Å². The lowest BCUT2D eigenvalue weighted by Gasteiger charge is -2.15. The van der Waals surface area contributed by atoms with Crippen LogP contribution in [0.15, 0.2) is 24.3 Å². The molecule has 1 aliphatic rings. The average molecular weight is 293 g/mol. The van der Waals surface area contributed by atoms with Gasteiger partial charge >= 0.3 is 0 Å². The van der Waals surface area contributed by atoms with E-state index in [1.807, 2.05) is 12.1 Å². The fraction of sp³-hybridized carbons (Fsp3) is 0.533. The summed E-state index contributed by atoms with van der Waals surface area (Å²) in [5.74, 6) is 0.848. The van der Waals surface area contributed by atoms with Gasteiger partial charge in [0.25, 0.3) is 0 Å². The zero-order chi connectivity index (χ0) is 15.2. The van der Waals surface area contributed by atoms with E-state index < -0.39 is 0 Å². The van der Waals surface area contributed by atoms with E-state index in [9.17, 15) is 0 Å². The summed E-state index contributed by atoms with van der Waals surface area (Å²) in [6.45, 7) is 3.16. The molecule has 1 heterocycles. The number of nitrogens with one attached hydrogen (secondary N) is 1. The third kappa shape index (κ3) is 4.17. The molecule has 21 heavy (non-hydrogen) atoms. The molecule has 6 nitrogen and oxygen atoms in total. The van der Waals surface area contributed by atoms with E-state index in [2.05, 4.69) is 4.90 Å². The number of hydrogen-bond donors (Lipinski definition) is 2. The van der Waals surface area contributed by atoms with E-state index in [0.717, 1.165) is 25.4 Å². The first-order valence-electron chi connectivity index (χ1n) is 6.99. The fourth-order valence-corrected chi connectivity index (χ4v) is 2.48. The molecule has 2 rings (SSSR count). The summed E-state index contributed by atoms with van der Waals surface area (Å²) >= 11 is 0. The third-order valence-electron chi connectivity index (χ3n) is 3.74. The van der Waals surface area contributed by atoms with Gasteiger partial charge in [-0.25, -0.2) is 0 Å². The van der Waals surface area contributed by atoms with Crippen molar-refractivity contribution in [1.29, 1.82) is 5.41 Å². The number of rotatable bonds is 7. The number of ether oxygens (including phenoxy) is 3. The Kier molecular flexibility index (Phi) is 5.55. The first kappa shape index (κ1) is 15.8. The largest absolute Gasteiger partial charge is 0.492 e. The van der Waals surface area contributed by atoms with Gasteiger partial charge < -0.3 is 19.9 Å². The van der Waals surface area contributed by atoms with Crippen molar-refractivity contribution < 1.29 is 14.2 Å². The second-order valence-electron chi connectivity index (χ2n) is 5.09. The molecule has 1 saturated heterocycles. The molecule has 2 atom stereocenters. The van der Waals surface area contributed by atoms with Crippen molar-refractivity contribution in [3.05, 3.63) is 29.8 Å². The Labute approximate surface area is 125 Å². The molecule has 0 radical (unpaired) electrons. The van der Waals surface area contributed by atoms with E-state index in [1.165, 1.54) is 0 Å². The van der Waals surface area contributed by atoms with E-state index >= 15 is 0 Å². The summed E-state index contributed by atoms with van der Waals surface area (Å²) in [4.78, 5) is 2.27. The summed E-state index contributed by atoms with van der Waals surface area (Å²) in [5.41, 5.74) is 6.11. The molecule has 116 valence electrons. The highest BCUT2D eigenvalue weighted by atomic mass is 16.5. The summed E-state index contributed by atoms with van der Waals surface area (Å²) < 4.78 is 16.5. The molecular weight excluding hydrogens is 270 g/mol. The van der Waals surface area contributed by atoms with Crippen LogP contribution in [0.1, 0.15) is 5.56 Å². The van der Waals surface area contributed by atoms with Crippen molar-refractivity contribution in [3.8, 4) is 5.75 Å². The monoisotopic (exact) mass is 293 g/mol. The number of hydrogen-bond acceptors (Lipinski definition) is 5. The molecule has 0 aliphatic carbocycles.